The lowest BCUT2D eigenvalue weighted by atomic mass is 10.2. The van der Waals surface area contributed by atoms with E-state index in [1.165, 1.54) is 0 Å². The van der Waals surface area contributed by atoms with Gasteiger partial charge >= 0.3 is 0 Å². The number of piperazine rings is 1. The van der Waals surface area contributed by atoms with Crippen LogP contribution in [-0.2, 0) is 6.54 Å². The van der Waals surface area contributed by atoms with Gasteiger partial charge in [0, 0.05) is 32.7 Å². The van der Waals surface area contributed by atoms with Crippen LogP contribution in [0.15, 0.2) is 24.3 Å². The minimum absolute atomic E-state index is 0.517. The van der Waals surface area contributed by atoms with Gasteiger partial charge in [-0.25, -0.2) is 8.78 Å². The zero-order valence-electron chi connectivity index (χ0n) is 10.2. The molecule has 1 fully saturated rings. The monoisotopic (exact) mass is 256 g/mol. The number of hydrogen-bond acceptors (Lipinski definition) is 3. The summed E-state index contributed by atoms with van der Waals surface area (Å²) in [6.07, 6.45) is -2.43. The standard InChI is InChI=1S/C13H18F2N2O/c14-13(15)10-18-12-3-1-2-11(8-12)9-17-6-4-16-5-7-17/h1-3,8,13,16H,4-7,9-10H2. The van der Waals surface area contributed by atoms with E-state index in [1.807, 2.05) is 18.2 Å². The number of halogens is 2. The van der Waals surface area contributed by atoms with Gasteiger partial charge in [-0.05, 0) is 17.7 Å². The van der Waals surface area contributed by atoms with Gasteiger partial charge < -0.3 is 10.1 Å². The molecule has 1 N–H and O–H groups in total. The molecule has 0 aromatic heterocycles. The number of rotatable bonds is 5. The van der Waals surface area contributed by atoms with Gasteiger partial charge in [-0.1, -0.05) is 12.1 Å². The van der Waals surface area contributed by atoms with Crippen LogP contribution < -0.4 is 10.1 Å². The largest absolute Gasteiger partial charge is 0.488 e. The second-order valence-electron chi connectivity index (χ2n) is 4.38. The molecule has 0 bridgehead atoms. The molecule has 0 unspecified atom stereocenters. The maximum atomic E-state index is 12.1. The van der Waals surface area contributed by atoms with Gasteiger partial charge in [0.25, 0.3) is 6.43 Å². The molecule has 3 nitrogen and oxygen atoms in total. The molecule has 5 heteroatoms. The Morgan fingerprint density at radius 1 is 1.28 bits per heavy atom. The Hall–Kier alpha value is -1.20. The molecule has 0 atom stereocenters. The summed E-state index contributed by atoms with van der Waals surface area (Å²) >= 11 is 0. The zero-order chi connectivity index (χ0) is 12.8. The Morgan fingerprint density at radius 3 is 2.78 bits per heavy atom. The second-order valence-corrected chi connectivity index (χ2v) is 4.38. The lowest BCUT2D eigenvalue weighted by Crippen LogP contribution is -2.42. The molecule has 1 aromatic rings. The van der Waals surface area contributed by atoms with Crippen molar-refractivity contribution < 1.29 is 13.5 Å². The molecule has 1 aliphatic rings. The van der Waals surface area contributed by atoms with Crippen LogP contribution in [-0.4, -0.2) is 44.1 Å². The van der Waals surface area contributed by atoms with Crippen LogP contribution in [0.25, 0.3) is 0 Å². The summed E-state index contributed by atoms with van der Waals surface area (Å²) in [5.74, 6) is 0.517. The number of benzene rings is 1. The molecule has 0 radical (unpaired) electrons. The van der Waals surface area contributed by atoms with Crippen molar-refractivity contribution in [3.05, 3.63) is 29.8 Å². The summed E-state index contributed by atoms with van der Waals surface area (Å²) in [4.78, 5) is 2.34. The number of nitrogens with one attached hydrogen (secondary N) is 1. The lowest BCUT2D eigenvalue weighted by Gasteiger charge is -2.27. The minimum Gasteiger partial charge on any atom is -0.488 e. The van der Waals surface area contributed by atoms with E-state index in [0.29, 0.717) is 5.75 Å². The predicted molar refractivity (Wildman–Crippen MR) is 66.1 cm³/mol. The van der Waals surface area contributed by atoms with Gasteiger partial charge in [0.1, 0.15) is 12.4 Å². The molecule has 100 valence electrons. The van der Waals surface area contributed by atoms with Crippen LogP contribution in [0.3, 0.4) is 0 Å². The summed E-state index contributed by atoms with van der Waals surface area (Å²) in [6, 6.07) is 7.39. The SMILES string of the molecule is FC(F)COc1cccc(CN2CCNCC2)c1. The van der Waals surface area contributed by atoms with E-state index in [4.69, 9.17) is 4.74 Å². The van der Waals surface area contributed by atoms with Gasteiger partial charge in [-0.15, -0.1) is 0 Å². The van der Waals surface area contributed by atoms with Crippen LogP contribution >= 0.6 is 0 Å². The average molecular weight is 256 g/mol. The zero-order valence-corrected chi connectivity index (χ0v) is 10.2. The Morgan fingerprint density at radius 2 is 2.06 bits per heavy atom. The van der Waals surface area contributed by atoms with Crippen molar-refractivity contribution in [3.63, 3.8) is 0 Å². The van der Waals surface area contributed by atoms with Crippen LogP contribution in [0.4, 0.5) is 8.78 Å². The molecule has 1 heterocycles. The minimum atomic E-state index is -2.43. The summed E-state index contributed by atoms with van der Waals surface area (Å²) in [7, 11) is 0. The van der Waals surface area contributed by atoms with Gasteiger partial charge in [0.05, 0.1) is 0 Å². The van der Waals surface area contributed by atoms with Crippen molar-refractivity contribution in [3.8, 4) is 5.75 Å². The maximum absolute atomic E-state index is 12.1. The first-order chi connectivity index (χ1) is 8.74. The number of hydrogen-bond donors (Lipinski definition) is 1. The Bertz CT molecular complexity index is 368. The molecule has 1 aromatic carbocycles. The molecule has 2 rings (SSSR count). The molecule has 0 aliphatic carbocycles. The van der Waals surface area contributed by atoms with E-state index < -0.39 is 13.0 Å². The third-order valence-electron chi connectivity index (χ3n) is 2.89. The van der Waals surface area contributed by atoms with Crippen molar-refractivity contribution in [1.82, 2.24) is 10.2 Å². The topological polar surface area (TPSA) is 24.5 Å². The predicted octanol–water partition coefficient (Wildman–Crippen LogP) is 1.74. The number of nitrogens with zero attached hydrogens (tertiary/aromatic N) is 1. The van der Waals surface area contributed by atoms with Crippen molar-refractivity contribution in [1.29, 1.82) is 0 Å². The normalized spacial score (nSPS) is 17.1. The fourth-order valence-corrected chi connectivity index (χ4v) is 2.02. The van der Waals surface area contributed by atoms with E-state index >= 15 is 0 Å². The van der Waals surface area contributed by atoms with Gasteiger partial charge in [-0.2, -0.15) is 0 Å². The fraction of sp³-hybridized carbons (Fsp3) is 0.538. The molecule has 0 amide bonds. The van der Waals surface area contributed by atoms with Crippen LogP contribution in [0, 0.1) is 0 Å². The summed E-state index contributed by atoms with van der Waals surface area (Å²) in [6.45, 7) is 4.33. The van der Waals surface area contributed by atoms with Crippen LogP contribution in [0.2, 0.25) is 0 Å². The summed E-state index contributed by atoms with van der Waals surface area (Å²) in [5, 5.41) is 3.29. The third-order valence-corrected chi connectivity index (χ3v) is 2.89. The van der Waals surface area contributed by atoms with Crippen molar-refractivity contribution in [2.75, 3.05) is 32.8 Å². The molecular formula is C13H18F2N2O. The fourth-order valence-electron chi connectivity index (χ4n) is 2.02. The third kappa shape index (κ3) is 4.23. The lowest BCUT2D eigenvalue weighted by molar-refractivity contribution is 0.0818. The van der Waals surface area contributed by atoms with Gasteiger partial charge in [-0.3, -0.25) is 4.90 Å². The highest BCUT2D eigenvalue weighted by molar-refractivity contribution is 5.28. The van der Waals surface area contributed by atoms with E-state index in [9.17, 15) is 8.78 Å². The van der Waals surface area contributed by atoms with Gasteiger partial charge in [0.2, 0.25) is 0 Å². The highest BCUT2D eigenvalue weighted by Gasteiger charge is 2.10. The number of alkyl halides is 2. The van der Waals surface area contributed by atoms with E-state index in [1.54, 1.807) is 6.07 Å². The Balaban J connectivity index is 1.89. The molecule has 0 saturated carbocycles. The molecule has 18 heavy (non-hydrogen) atoms. The van der Waals surface area contributed by atoms with Crippen molar-refractivity contribution >= 4 is 0 Å². The molecule has 1 saturated heterocycles. The highest BCUT2D eigenvalue weighted by atomic mass is 19.3. The molecular weight excluding hydrogens is 238 g/mol. The number of ether oxygens (including phenoxy) is 1. The Kier molecular flexibility index (Phi) is 4.90. The summed E-state index contributed by atoms with van der Waals surface area (Å²) < 4.78 is 29.1. The first-order valence-electron chi connectivity index (χ1n) is 6.17. The second kappa shape index (κ2) is 6.66. The van der Waals surface area contributed by atoms with E-state index in [2.05, 4.69) is 10.2 Å². The van der Waals surface area contributed by atoms with Crippen LogP contribution in [0.5, 0.6) is 5.75 Å². The Labute approximate surface area is 106 Å². The van der Waals surface area contributed by atoms with E-state index in [-0.39, 0.29) is 0 Å². The summed E-state index contributed by atoms with van der Waals surface area (Å²) in [5.41, 5.74) is 1.10. The quantitative estimate of drug-likeness (QED) is 0.868. The molecule has 1 aliphatic heterocycles. The van der Waals surface area contributed by atoms with Crippen molar-refractivity contribution in [2.45, 2.75) is 13.0 Å². The highest BCUT2D eigenvalue weighted by Crippen LogP contribution is 2.16. The molecule has 0 spiro atoms. The maximum Gasteiger partial charge on any atom is 0.272 e. The van der Waals surface area contributed by atoms with Crippen molar-refractivity contribution in [2.24, 2.45) is 0 Å². The first kappa shape index (κ1) is 13.2. The smallest absolute Gasteiger partial charge is 0.272 e. The first-order valence-corrected chi connectivity index (χ1v) is 6.17. The average Bonchev–Trinajstić information content (AvgIpc) is 2.38. The van der Waals surface area contributed by atoms with E-state index in [0.717, 1.165) is 38.3 Å². The van der Waals surface area contributed by atoms with Gasteiger partial charge in [0.15, 0.2) is 0 Å². The van der Waals surface area contributed by atoms with Crippen LogP contribution in [0.1, 0.15) is 5.56 Å².